The molecular weight excluding hydrogens is 186 g/mol. The molecule has 82 valence electrons. The van der Waals surface area contributed by atoms with Gasteiger partial charge in [-0.05, 0) is 30.2 Å². The van der Waals surface area contributed by atoms with Gasteiger partial charge in [-0.2, -0.15) is 0 Å². The van der Waals surface area contributed by atoms with Crippen LogP contribution in [0, 0.1) is 0 Å². The zero-order valence-electron chi connectivity index (χ0n) is 9.79. The maximum Gasteiger partial charge on any atom is 0.250 e. The molecule has 2 rings (SSSR count). The molecule has 0 saturated heterocycles. The van der Waals surface area contributed by atoms with Gasteiger partial charge in [0, 0.05) is 18.3 Å². The smallest absolute Gasteiger partial charge is 0.250 e. The lowest BCUT2D eigenvalue weighted by Crippen LogP contribution is -2.29. The summed E-state index contributed by atoms with van der Waals surface area (Å²) in [5, 5.41) is 0. The second-order valence-electron chi connectivity index (χ2n) is 5.50. The van der Waals surface area contributed by atoms with Crippen LogP contribution in [0.2, 0.25) is 0 Å². The number of nitrogens with zero attached hydrogens (tertiary/aromatic N) is 1. The molecule has 1 aliphatic rings. The maximum absolute atomic E-state index is 11.7. The van der Waals surface area contributed by atoms with Gasteiger partial charge >= 0.3 is 0 Å². The van der Waals surface area contributed by atoms with Gasteiger partial charge in [-0.15, -0.1) is 0 Å². The summed E-state index contributed by atoms with van der Waals surface area (Å²) in [6.45, 7) is 6.54. The molecule has 2 heteroatoms. The van der Waals surface area contributed by atoms with Crippen LogP contribution in [-0.4, -0.2) is 4.57 Å². The normalized spacial score (nSPS) is 17.5. The lowest BCUT2D eigenvalue weighted by atomic mass is 9.87. The van der Waals surface area contributed by atoms with E-state index in [1.807, 2.05) is 16.8 Å². The lowest BCUT2D eigenvalue weighted by Gasteiger charge is -2.29. The van der Waals surface area contributed by atoms with Crippen LogP contribution in [0.4, 0.5) is 0 Å². The Hall–Kier alpha value is -1.05. The van der Waals surface area contributed by atoms with Crippen LogP contribution in [-0.2, 0) is 5.41 Å². The summed E-state index contributed by atoms with van der Waals surface area (Å²) in [7, 11) is 0. The molecule has 2 nitrogen and oxygen atoms in total. The largest absolute Gasteiger partial charge is 0.312 e. The van der Waals surface area contributed by atoms with E-state index in [1.54, 1.807) is 6.07 Å². The standard InChI is InChI=1S/C13H19NO/c1-13(2,3)10-7-8-12(15)14(9-10)11-5-4-6-11/h7-9,11H,4-6H2,1-3H3. The predicted octanol–water partition coefficient (Wildman–Crippen LogP) is 2.87. The van der Waals surface area contributed by atoms with E-state index in [1.165, 1.54) is 12.0 Å². The van der Waals surface area contributed by atoms with E-state index in [2.05, 4.69) is 20.8 Å². The monoisotopic (exact) mass is 205 g/mol. The van der Waals surface area contributed by atoms with Gasteiger partial charge in [0.1, 0.15) is 0 Å². The van der Waals surface area contributed by atoms with Crippen molar-refractivity contribution in [3.63, 3.8) is 0 Å². The maximum atomic E-state index is 11.7. The zero-order chi connectivity index (χ0) is 11.1. The minimum Gasteiger partial charge on any atom is -0.312 e. The fraction of sp³-hybridized carbons (Fsp3) is 0.615. The highest BCUT2D eigenvalue weighted by atomic mass is 16.1. The van der Waals surface area contributed by atoms with Crippen molar-refractivity contribution in [2.45, 2.75) is 51.5 Å². The SMILES string of the molecule is CC(C)(C)c1ccc(=O)n(C2CCC2)c1. The summed E-state index contributed by atoms with van der Waals surface area (Å²) >= 11 is 0. The van der Waals surface area contributed by atoms with Crippen molar-refractivity contribution >= 4 is 0 Å². The Morgan fingerprint density at radius 3 is 2.40 bits per heavy atom. The van der Waals surface area contributed by atoms with Crippen LogP contribution < -0.4 is 5.56 Å². The summed E-state index contributed by atoms with van der Waals surface area (Å²) in [6, 6.07) is 4.12. The number of hydrogen-bond acceptors (Lipinski definition) is 1. The van der Waals surface area contributed by atoms with Crippen LogP contribution in [0.25, 0.3) is 0 Å². The van der Waals surface area contributed by atoms with Gasteiger partial charge in [0.25, 0.3) is 5.56 Å². The Kier molecular flexibility index (Phi) is 2.45. The third kappa shape index (κ3) is 1.99. The van der Waals surface area contributed by atoms with Crippen molar-refractivity contribution in [3.8, 4) is 0 Å². The number of pyridine rings is 1. The number of aromatic nitrogens is 1. The van der Waals surface area contributed by atoms with Gasteiger partial charge < -0.3 is 4.57 Å². The van der Waals surface area contributed by atoms with E-state index >= 15 is 0 Å². The third-order valence-corrected chi connectivity index (χ3v) is 3.27. The molecule has 1 aromatic rings. The quantitative estimate of drug-likeness (QED) is 0.691. The first-order valence-electron chi connectivity index (χ1n) is 5.71. The Balaban J connectivity index is 2.41. The molecule has 1 aliphatic carbocycles. The molecule has 0 aromatic carbocycles. The summed E-state index contributed by atoms with van der Waals surface area (Å²) in [5.41, 5.74) is 1.51. The molecule has 0 amide bonds. The van der Waals surface area contributed by atoms with Crippen LogP contribution in [0.15, 0.2) is 23.1 Å². The molecule has 1 saturated carbocycles. The molecule has 0 spiro atoms. The van der Waals surface area contributed by atoms with Gasteiger partial charge in [0.2, 0.25) is 0 Å². The molecule has 0 aliphatic heterocycles. The highest BCUT2D eigenvalue weighted by Gasteiger charge is 2.22. The fourth-order valence-electron chi connectivity index (χ4n) is 1.90. The Morgan fingerprint density at radius 2 is 1.93 bits per heavy atom. The van der Waals surface area contributed by atoms with E-state index in [-0.39, 0.29) is 11.0 Å². The average Bonchev–Trinajstić information content (AvgIpc) is 2.03. The number of rotatable bonds is 1. The van der Waals surface area contributed by atoms with Crippen molar-refractivity contribution < 1.29 is 0 Å². The minimum atomic E-state index is 0.124. The van der Waals surface area contributed by atoms with Crippen LogP contribution >= 0.6 is 0 Å². The zero-order valence-corrected chi connectivity index (χ0v) is 9.79. The van der Waals surface area contributed by atoms with E-state index in [0.29, 0.717) is 6.04 Å². The van der Waals surface area contributed by atoms with Crippen molar-refractivity contribution in [2.24, 2.45) is 0 Å². The Morgan fingerprint density at radius 1 is 1.27 bits per heavy atom. The molecule has 0 bridgehead atoms. The molecule has 1 fully saturated rings. The van der Waals surface area contributed by atoms with Crippen molar-refractivity contribution in [2.75, 3.05) is 0 Å². The number of hydrogen-bond donors (Lipinski definition) is 0. The minimum absolute atomic E-state index is 0.124. The summed E-state index contributed by atoms with van der Waals surface area (Å²) in [5.74, 6) is 0. The molecular formula is C13H19NO. The first kappa shape index (κ1) is 10.5. The molecule has 0 radical (unpaired) electrons. The van der Waals surface area contributed by atoms with Crippen LogP contribution in [0.5, 0.6) is 0 Å². The average molecular weight is 205 g/mol. The van der Waals surface area contributed by atoms with Crippen molar-refractivity contribution in [3.05, 3.63) is 34.2 Å². The molecule has 1 aromatic heterocycles. The highest BCUT2D eigenvalue weighted by molar-refractivity contribution is 5.19. The van der Waals surface area contributed by atoms with Gasteiger partial charge in [-0.25, -0.2) is 0 Å². The van der Waals surface area contributed by atoms with Crippen molar-refractivity contribution in [1.82, 2.24) is 4.57 Å². The first-order valence-corrected chi connectivity index (χ1v) is 5.71. The second kappa shape index (κ2) is 3.51. The molecule has 0 unspecified atom stereocenters. The van der Waals surface area contributed by atoms with E-state index in [9.17, 15) is 4.79 Å². The van der Waals surface area contributed by atoms with Gasteiger partial charge in [-0.3, -0.25) is 4.79 Å². The van der Waals surface area contributed by atoms with E-state index in [4.69, 9.17) is 0 Å². The van der Waals surface area contributed by atoms with Gasteiger partial charge in [0.05, 0.1) is 0 Å². The lowest BCUT2D eigenvalue weighted by molar-refractivity contribution is 0.304. The molecule has 0 atom stereocenters. The molecule has 1 heterocycles. The van der Waals surface area contributed by atoms with Gasteiger partial charge in [-0.1, -0.05) is 26.8 Å². The first-order chi connectivity index (χ1) is 6.98. The summed E-state index contributed by atoms with van der Waals surface area (Å²) in [6.07, 6.45) is 5.63. The molecule has 0 N–H and O–H groups in total. The van der Waals surface area contributed by atoms with Crippen LogP contribution in [0.1, 0.15) is 51.6 Å². The van der Waals surface area contributed by atoms with Crippen molar-refractivity contribution in [1.29, 1.82) is 0 Å². The highest BCUT2D eigenvalue weighted by Crippen LogP contribution is 2.31. The Labute approximate surface area is 90.9 Å². The van der Waals surface area contributed by atoms with E-state index < -0.39 is 0 Å². The summed E-state index contributed by atoms with van der Waals surface area (Å²) in [4.78, 5) is 11.7. The Bertz CT molecular complexity index is 407. The van der Waals surface area contributed by atoms with Crippen LogP contribution in [0.3, 0.4) is 0 Å². The molecule has 15 heavy (non-hydrogen) atoms. The van der Waals surface area contributed by atoms with Gasteiger partial charge in [0.15, 0.2) is 0 Å². The second-order valence-corrected chi connectivity index (χ2v) is 5.50. The van der Waals surface area contributed by atoms with E-state index in [0.717, 1.165) is 12.8 Å². The summed E-state index contributed by atoms with van der Waals surface area (Å²) < 4.78 is 1.92. The third-order valence-electron chi connectivity index (χ3n) is 3.27. The predicted molar refractivity (Wildman–Crippen MR) is 62.3 cm³/mol. The topological polar surface area (TPSA) is 22.0 Å². The fourth-order valence-corrected chi connectivity index (χ4v) is 1.90.